The highest BCUT2D eigenvalue weighted by Crippen LogP contribution is 2.20. The second-order valence-electron chi connectivity index (χ2n) is 6.24. The summed E-state index contributed by atoms with van der Waals surface area (Å²) < 4.78 is 10.3. The molecule has 0 aliphatic carbocycles. The van der Waals surface area contributed by atoms with E-state index in [0.717, 1.165) is 28.5 Å². The molecule has 0 spiro atoms. The lowest BCUT2D eigenvalue weighted by Gasteiger charge is -2.11. The van der Waals surface area contributed by atoms with E-state index in [1.165, 1.54) is 9.60 Å². The average molecular weight is 400 g/mol. The van der Waals surface area contributed by atoms with E-state index in [4.69, 9.17) is 21.9 Å². The van der Waals surface area contributed by atoms with Gasteiger partial charge in [-0.2, -0.15) is 9.36 Å². The van der Waals surface area contributed by atoms with Crippen LogP contribution in [0.2, 0.25) is 0 Å². The summed E-state index contributed by atoms with van der Waals surface area (Å²) in [6.45, 7) is 1.42. The number of para-hydroxylation sites is 1. The molecule has 4 rings (SSSR count). The van der Waals surface area contributed by atoms with Crippen LogP contribution in [-0.2, 0) is 13.2 Å². The number of rotatable bonds is 6. The quantitative estimate of drug-likeness (QED) is 0.503. The van der Waals surface area contributed by atoms with E-state index in [9.17, 15) is 0 Å². The van der Waals surface area contributed by atoms with Crippen molar-refractivity contribution in [1.82, 2.24) is 24.8 Å². The molecule has 1 unspecified atom stereocenters. The van der Waals surface area contributed by atoms with Crippen LogP contribution in [0.5, 0.6) is 5.75 Å². The zero-order chi connectivity index (χ0) is 18.8. The largest absolute Gasteiger partial charge is 0.497 e. The first-order valence-corrected chi connectivity index (χ1v) is 9.69. The Kier molecular flexibility index (Phi) is 4.97. The number of nitrogens with one attached hydrogen (secondary N) is 1. The van der Waals surface area contributed by atoms with Crippen LogP contribution in [-0.4, -0.2) is 38.9 Å². The average Bonchev–Trinajstić information content (AvgIpc) is 3.25. The van der Waals surface area contributed by atoms with E-state index >= 15 is 0 Å². The Morgan fingerprint density at radius 2 is 1.89 bits per heavy atom. The number of hydrogen-bond acceptors (Lipinski definition) is 6. The highest BCUT2D eigenvalue weighted by Gasteiger charge is 2.13. The van der Waals surface area contributed by atoms with Crippen molar-refractivity contribution in [2.45, 2.75) is 13.2 Å². The van der Waals surface area contributed by atoms with E-state index in [1.54, 1.807) is 27.8 Å². The molecule has 7 nitrogen and oxygen atoms in total. The summed E-state index contributed by atoms with van der Waals surface area (Å²) in [7, 11) is 3.74. The number of tetrazole rings is 1. The van der Waals surface area contributed by atoms with Crippen molar-refractivity contribution in [2.24, 2.45) is 0 Å². The smallest absolute Gasteiger partial charge is 0.225 e. The van der Waals surface area contributed by atoms with Crippen molar-refractivity contribution < 1.29 is 9.64 Å². The third-order valence-electron chi connectivity index (χ3n) is 4.17. The van der Waals surface area contributed by atoms with Crippen molar-refractivity contribution in [3.8, 4) is 11.4 Å². The number of ether oxygens (including phenoxy) is 1. The van der Waals surface area contributed by atoms with Gasteiger partial charge in [-0.25, -0.2) is 4.98 Å². The molecule has 0 aliphatic heterocycles. The van der Waals surface area contributed by atoms with Gasteiger partial charge in [0.2, 0.25) is 4.77 Å². The maximum Gasteiger partial charge on any atom is 0.225 e. The molecule has 138 valence electrons. The van der Waals surface area contributed by atoms with Gasteiger partial charge in [0.25, 0.3) is 0 Å². The lowest BCUT2D eigenvalue weighted by atomic mass is 10.3. The molecule has 2 heterocycles. The SMILES string of the molecule is COc1ccc(-n2nnn(C[NH+](C)Cc3nc4ccccc4s3)c2=S)cc1. The van der Waals surface area contributed by atoms with Crippen molar-refractivity contribution >= 4 is 33.8 Å². The Morgan fingerprint density at radius 3 is 2.63 bits per heavy atom. The standard InChI is InChI=1S/C18H18N6OS2/c1-22(11-17-19-15-5-3-4-6-16(15)27-17)12-23-18(26)24(21-20-23)13-7-9-14(25-2)10-8-13/h3-10H,11-12H2,1-2H3/p+1. The van der Waals surface area contributed by atoms with E-state index in [-0.39, 0.29) is 0 Å². The number of nitrogens with zero attached hydrogens (tertiary/aromatic N) is 5. The van der Waals surface area contributed by atoms with Crippen molar-refractivity contribution in [1.29, 1.82) is 0 Å². The minimum absolute atomic E-state index is 0.559. The first-order valence-electron chi connectivity index (χ1n) is 8.47. The summed E-state index contributed by atoms with van der Waals surface area (Å²) in [5.74, 6) is 0.790. The van der Waals surface area contributed by atoms with Crippen molar-refractivity contribution in [3.05, 3.63) is 58.3 Å². The van der Waals surface area contributed by atoms with Gasteiger partial charge in [0.1, 0.15) is 17.3 Å². The van der Waals surface area contributed by atoms with Crippen LogP contribution in [0.1, 0.15) is 5.01 Å². The topological polar surface area (TPSA) is 62.2 Å². The maximum absolute atomic E-state index is 5.55. The van der Waals surface area contributed by atoms with Crippen LogP contribution in [0.15, 0.2) is 48.5 Å². The predicted molar refractivity (Wildman–Crippen MR) is 107 cm³/mol. The number of fused-ring (bicyclic) bond motifs is 1. The van der Waals surface area contributed by atoms with Crippen LogP contribution < -0.4 is 9.64 Å². The van der Waals surface area contributed by atoms with Gasteiger partial charge in [-0.3, -0.25) is 0 Å². The Morgan fingerprint density at radius 1 is 1.11 bits per heavy atom. The molecule has 0 saturated heterocycles. The fourth-order valence-electron chi connectivity index (χ4n) is 2.82. The molecule has 0 aliphatic rings. The van der Waals surface area contributed by atoms with Gasteiger partial charge < -0.3 is 9.64 Å². The molecule has 0 radical (unpaired) electrons. The summed E-state index contributed by atoms with van der Waals surface area (Å²) in [6, 6.07) is 15.8. The second kappa shape index (κ2) is 7.55. The first kappa shape index (κ1) is 17.8. The summed E-state index contributed by atoms with van der Waals surface area (Å²) in [5, 5.41) is 9.51. The maximum atomic E-state index is 5.55. The van der Waals surface area contributed by atoms with Crippen LogP contribution in [0.4, 0.5) is 0 Å². The number of hydrogen-bond donors (Lipinski definition) is 1. The molecular formula is C18H19N6OS2+. The molecule has 0 saturated carbocycles. The van der Waals surface area contributed by atoms with Gasteiger partial charge in [-0.15, -0.1) is 11.3 Å². The zero-order valence-corrected chi connectivity index (χ0v) is 16.6. The number of benzene rings is 2. The molecule has 4 aromatic rings. The minimum atomic E-state index is 0.559. The van der Waals surface area contributed by atoms with E-state index < -0.39 is 0 Å². The second-order valence-corrected chi connectivity index (χ2v) is 7.72. The van der Waals surface area contributed by atoms with Gasteiger partial charge in [-0.05, 0) is 59.0 Å². The minimum Gasteiger partial charge on any atom is -0.497 e. The Hall–Kier alpha value is -2.62. The first-order chi connectivity index (χ1) is 13.1. The molecule has 0 fully saturated rings. The predicted octanol–water partition coefficient (Wildman–Crippen LogP) is 2.09. The molecule has 1 N–H and O–H groups in total. The van der Waals surface area contributed by atoms with Crippen molar-refractivity contribution in [2.75, 3.05) is 14.2 Å². The van der Waals surface area contributed by atoms with E-state index in [2.05, 4.69) is 23.5 Å². The molecule has 27 heavy (non-hydrogen) atoms. The molecule has 0 bridgehead atoms. The Bertz CT molecular complexity index is 1080. The summed E-state index contributed by atoms with van der Waals surface area (Å²) in [4.78, 5) is 5.92. The lowest BCUT2D eigenvalue weighted by Crippen LogP contribution is -3.07. The Balaban J connectivity index is 1.49. The lowest BCUT2D eigenvalue weighted by molar-refractivity contribution is -0.917. The number of quaternary nitrogens is 1. The van der Waals surface area contributed by atoms with Gasteiger partial charge in [0.05, 0.1) is 30.1 Å². The Labute approximate surface area is 165 Å². The molecule has 0 amide bonds. The molecular weight excluding hydrogens is 380 g/mol. The number of thiazole rings is 1. The monoisotopic (exact) mass is 399 g/mol. The molecule has 9 heteroatoms. The van der Waals surface area contributed by atoms with E-state index in [0.29, 0.717) is 11.4 Å². The molecule has 2 aromatic heterocycles. The van der Waals surface area contributed by atoms with E-state index in [1.807, 2.05) is 42.5 Å². The molecule has 1 atom stereocenters. The third kappa shape index (κ3) is 3.75. The summed E-state index contributed by atoms with van der Waals surface area (Å²) in [6.07, 6.45) is 0. The fourth-order valence-corrected chi connectivity index (χ4v) is 4.15. The van der Waals surface area contributed by atoms with Crippen LogP contribution in [0, 0.1) is 4.77 Å². The van der Waals surface area contributed by atoms with Gasteiger partial charge in [0.15, 0.2) is 6.67 Å². The normalized spacial score (nSPS) is 12.4. The van der Waals surface area contributed by atoms with Gasteiger partial charge in [0, 0.05) is 0 Å². The van der Waals surface area contributed by atoms with Crippen LogP contribution in [0.25, 0.3) is 15.9 Å². The van der Waals surface area contributed by atoms with Crippen LogP contribution in [0.3, 0.4) is 0 Å². The number of aromatic nitrogens is 5. The molecule has 2 aromatic carbocycles. The van der Waals surface area contributed by atoms with Crippen LogP contribution >= 0.6 is 23.6 Å². The highest BCUT2D eigenvalue weighted by atomic mass is 32.1. The van der Waals surface area contributed by atoms with Gasteiger partial charge in [-0.1, -0.05) is 12.1 Å². The fraction of sp³-hybridized carbons (Fsp3) is 0.222. The van der Waals surface area contributed by atoms with Crippen molar-refractivity contribution in [3.63, 3.8) is 0 Å². The summed E-state index contributed by atoms with van der Waals surface area (Å²) in [5.41, 5.74) is 1.91. The highest BCUT2D eigenvalue weighted by molar-refractivity contribution is 7.71. The van der Waals surface area contributed by atoms with Gasteiger partial charge >= 0.3 is 0 Å². The third-order valence-corrected chi connectivity index (χ3v) is 5.59. The number of methoxy groups -OCH3 is 1. The zero-order valence-electron chi connectivity index (χ0n) is 15.0. The summed E-state index contributed by atoms with van der Waals surface area (Å²) >= 11 is 7.27.